The number of ketones is 1. The van der Waals surface area contributed by atoms with Crippen LogP contribution in [0.25, 0.3) is 0 Å². The van der Waals surface area contributed by atoms with Gasteiger partial charge in [-0.2, -0.15) is 0 Å². The Bertz CT molecular complexity index is 851. The summed E-state index contributed by atoms with van der Waals surface area (Å²) >= 11 is 1.06. The van der Waals surface area contributed by atoms with E-state index in [0.29, 0.717) is 28.3 Å². The van der Waals surface area contributed by atoms with Gasteiger partial charge in [0.05, 0.1) is 23.3 Å². The molecule has 1 amide bonds. The summed E-state index contributed by atoms with van der Waals surface area (Å²) in [5.41, 5.74) is 0.696. The van der Waals surface area contributed by atoms with E-state index in [1.807, 2.05) is 0 Å². The summed E-state index contributed by atoms with van der Waals surface area (Å²) < 4.78 is 29.6. The zero-order valence-corrected chi connectivity index (χ0v) is 17.5. The van der Waals surface area contributed by atoms with Gasteiger partial charge in [0.25, 0.3) is 0 Å². The van der Waals surface area contributed by atoms with Gasteiger partial charge in [-0.15, -0.1) is 11.3 Å². The second kappa shape index (κ2) is 8.49. The lowest BCUT2D eigenvalue weighted by Crippen LogP contribution is -2.40. The average Bonchev–Trinajstić information content (AvgIpc) is 2.90. The zero-order valence-electron chi connectivity index (χ0n) is 15.8. The Hall–Kier alpha value is -1.78. The quantitative estimate of drug-likeness (QED) is 0.561. The van der Waals surface area contributed by atoms with Crippen LogP contribution in [0.4, 0.5) is 5.00 Å². The highest BCUT2D eigenvalue weighted by atomic mass is 32.2. The first kappa shape index (κ1) is 21.5. The van der Waals surface area contributed by atoms with Gasteiger partial charge in [-0.3, -0.25) is 9.59 Å². The molecule has 0 saturated carbocycles. The number of Topliss-reactive ketones (excluding diaryl/α,β-unsaturated/α-hetero) is 1. The van der Waals surface area contributed by atoms with Gasteiger partial charge in [0.15, 0.2) is 5.78 Å². The molecule has 8 nitrogen and oxygen atoms in total. The molecule has 2 rings (SSSR count). The minimum atomic E-state index is -3.26. The Morgan fingerprint density at radius 2 is 1.85 bits per heavy atom. The van der Waals surface area contributed by atoms with E-state index in [9.17, 15) is 22.8 Å². The van der Waals surface area contributed by atoms with E-state index in [-0.39, 0.29) is 42.9 Å². The molecule has 0 aliphatic carbocycles. The van der Waals surface area contributed by atoms with Crippen LogP contribution in [0.15, 0.2) is 0 Å². The number of sulfonamides is 1. The molecule has 10 heteroatoms. The van der Waals surface area contributed by atoms with E-state index in [4.69, 9.17) is 4.74 Å². The summed E-state index contributed by atoms with van der Waals surface area (Å²) in [5, 5.41) is 3.05. The molecule has 1 N–H and O–H groups in total. The number of amides is 1. The number of anilines is 1. The number of thiophene rings is 1. The first-order valence-electron chi connectivity index (χ1n) is 8.63. The number of ether oxygens (including phenoxy) is 1. The maximum Gasteiger partial charge on any atom is 0.341 e. The molecule has 150 valence electrons. The van der Waals surface area contributed by atoms with E-state index in [0.717, 1.165) is 17.6 Å². The van der Waals surface area contributed by atoms with Crippen molar-refractivity contribution in [2.45, 2.75) is 33.6 Å². The minimum Gasteiger partial charge on any atom is -0.462 e. The highest BCUT2D eigenvalue weighted by Crippen LogP contribution is 2.35. The van der Waals surface area contributed by atoms with Crippen molar-refractivity contribution in [1.29, 1.82) is 0 Å². The van der Waals surface area contributed by atoms with Crippen LogP contribution >= 0.6 is 11.3 Å². The standard InChI is InChI=1S/C17H24N2O6S2/c1-5-25-17(22)13-10(2)14(11(3)20)26-16(13)18-15(21)12-6-8-19(9-7-12)27(4,23)24/h12H,5-9H2,1-4H3,(H,18,21). The number of esters is 1. The van der Waals surface area contributed by atoms with Crippen LogP contribution < -0.4 is 5.32 Å². The third-order valence-corrected chi connectivity index (χ3v) is 7.09. The number of nitrogens with zero attached hydrogens (tertiary/aromatic N) is 1. The number of hydrogen-bond donors (Lipinski definition) is 1. The molecule has 1 aromatic rings. The van der Waals surface area contributed by atoms with Crippen LogP contribution in [0.2, 0.25) is 0 Å². The van der Waals surface area contributed by atoms with E-state index in [1.165, 1.54) is 11.2 Å². The summed E-state index contributed by atoms with van der Waals surface area (Å²) in [7, 11) is -3.26. The maximum atomic E-state index is 12.6. The van der Waals surface area contributed by atoms with E-state index >= 15 is 0 Å². The molecule has 0 radical (unpaired) electrons. The number of carbonyl (C=O) groups excluding carboxylic acids is 3. The largest absolute Gasteiger partial charge is 0.462 e. The highest BCUT2D eigenvalue weighted by molar-refractivity contribution is 7.88. The molecule has 0 bridgehead atoms. The van der Waals surface area contributed by atoms with Crippen molar-refractivity contribution in [1.82, 2.24) is 4.31 Å². The number of hydrogen-bond acceptors (Lipinski definition) is 7. The van der Waals surface area contributed by atoms with Gasteiger partial charge in [-0.05, 0) is 39.2 Å². The summed E-state index contributed by atoms with van der Waals surface area (Å²) in [6.45, 7) is 5.48. The Morgan fingerprint density at radius 3 is 2.33 bits per heavy atom. The van der Waals surface area contributed by atoms with Crippen molar-refractivity contribution >= 4 is 44.0 Å². The molecule has 1 aliphatic rings. The van der Waals surface area contributed by atoms with Gasteiger partial charge in [0.2, 0.25) is 15.9 Å². The minimum absolute atomic E-state index is 0.181. The number of carbonyl (C=O) groups is 3. The van der Waals surface area contributed by atoms with Crippen LogP contribution in [0.3, 0.4) is 0 Å². The van der Waals surface area contributed by atoms with Crippen LogP contribution in [0.1, 0.15) is 52.3 Å². The third kappa shape index (κ3) is 4.94. The summed E-state index contributed by atoms with van der Waals surface area (Å²) in [6, 6.07) is 0. The summed E-state index contributed by atoms with van der Waals surface area (Å²) in [6.07, 6.45) is 1.95. The maximum absolute atomic E-state index is 12.6. The monoisotopic (exact) mass is 416 g/mol. The normalized spacial score (nSPS) is 16.1. The fourth-order valence-corrected chi connectivity index (χ4v) is 5.02. The van der Waals surface area contributed by atoms with Crippen molar-refractivity contribution < 1.29 is 27.5 Å². The Labute approximate surface area is 162 Å². The molecular weight excluding hydrogens is 392 g/mol. The van der Waals surface area contributed by atoms with Crippen molar-refractivity contribution in [2.24, 2.45) is 5.92 Å². The fourth-order valence-electron chi connectivity index (χ4n) is 3.05. The molecular formula is C17H24N2O6S2. The van der Waals surface area contributed by atoms with Crippen LogP contribution in [0, 0.1) is 12.8 Å². The predicted octanol–water partition coefficient (Wildman–Crippen LogP) is 2.05. The average molecular weight is 417 g/mol. The molecule has 1 aromatic heterocycles. The lowest BCUT2D eigenvalue weighted by Gasteiger charge is -2.29. The number of piperidine rings is 1. The third-order valence-electron chi connectivity index (χ3n) is 4.48. The molecule has 2 heterocycles. The van der Waals surface area contributed by atoms with Crippen molar-refractivity contribution in [3.8, 4) is 0 Å². The second-order valence-electron chi connectivity index (χ2n) is 6.46. The fraction of sp³-hybridized carbons (Fsp3) is 0.588. The topological polar surface area (TPSA) is 110 Å². The van der Waals surface area contributed by atoms with Crippen LogP contribution in [-0.2, 0) is 19.6 Å². The van der Waals surface area contributed by atoms with Crippen molar-refractivity contribution in [3.05, 3.63) is 16.0 Å². The van der Waals surface area contributed by atoms with Gasteiger partial charge < -0.3 is 10.1 Å². The van der Waals surface area contributed by atoms with Crippen molar-refractivity contribution in [2.75, 3.05) is 31.3 Å². The zero-order chi connectivity index (χ0) is 20.4. The van der Waals surface area contributed by atoms with E-state index in [2.05, 4.69) is 5.32 Å². The SMILES string of the molecule is CCOC(=O)c1c(NC(=O)C2CCN(S(C)(=O)=O)CC2)sc(C(C)=O)c1C. The number of rotatable bonds is 6. The molecule has 0 unspecified atom stereocenters. The lowest BCUT2D eigenvalue weighted by atomic mass is 9.97. The summed E-state index contributed by atoms with van der Waals surface area (Å²) in [5.74, 6) is -1.42. The van der Waals surface area contributed by atoms with E-state index < -0.39 is 16.0 Å². The van der Waals surface area contributed by atoms with Crippen molar-refractivity contribution in [3.63, 3.8) is 0 Å². The van der Waals surface area contributed by atoms with Gasteiger partial charge in [0.1, 0.15) is 5.00 Å². The first-order valence-corrected chi connectivity index (χ1v) is 11.3. The van der Waals surface area contributed by atoms with Crippen LogP contribution in [-0.4, -0.2) is 56.3 Å². The molecule has 0 atom stereocenters. The smallest absolute Gasteiger partial charge is 0.341 e. The summed E-state index contributed by atoms with van der Waals surface area (Å²) in [4.78, 5) is 37.1. The second-order valence-corrected chi connectivity index (χ2v) is 9.47. The molecule has 0 aromatic carbocycles. The molecule has 1 fully saturated rings. The molecule has 0 spiro atoms. The van der Waals surface area contributed by atoms with Crippen LogP contribution in [0.5, 0.6) is 0 Å². The van der Waals surface area contributed by atoms with Gasteiger partial charge in [-0.1, -0.05) is 0 Å². The van der Waals surface area contributed by atoms with Gasteiger partial charge in [0, 0.05) is 19.0 Å². The highest BCUT2D eigenvalue weighted by Gasteiger charge is 2.31. The Balaban J connectivity index is 2.19. The van der Waals surface area contributed by atoms with E-state index in [1.54, 1.807) is 13.8 Å². The Kier molecular flexibility index (Phi) is 6.77. The number of nitrogens with one attached hydrogen (secondary N) is 1. The molecule has 27 heavy (non-hydrogen) atoms. The first-order chi connectivity index (χ1) is 12.6. The Morgan fingerprint density at radius 1 is 1.26 bits per heavy atom. The lowest BCUT2D eigenvalue weighted by molar-refractivity contribution is -0.120. The van der Waals surface area contributed by atoms with Gasteiger partial charge in [-0.25, -0.2) is 17.5 Å². The molecule has 1 saturated heterocycles. The predicted molar refractivity (Wildman–Crippen MR) is 103 cm³/mol. The molecule has 1 aliphatic heterocycles. The van der Waals surface area contributed by atoms with Gasteiger partial charge >= 0.3 is 5.97 Å².